The summed E-state index contributed by atoms with van der Waals surface area (Å²) >= 11 is 1.42. The van der Waals surface area contributed by atoms with Gasteiger partial charge in [-0.25, -0.2) is 0 Å². The van der Waals surface area contributed by atoms with Crippen molar-refractivity contribution in [2.45, 2.75) is 12.8 Å². The van der Waals surface area contributed by atoms with E-state index in [1.165, 1.54) is 11.3 Å². The van der Waals surface area contributed by atoms with E-state index < -0.39 is 0 Å². The highest BCUT2D eigenvalue weighted by Gasteiger charge is 2.01. The Morgan fingerprint density at radius 3 is 2.50 bits per heavy atom. The van der Waals surface area contributed by atoms with E-state index in [1.54, 1.807) is 7.11 Å². The Kier molecular flexibility index (Phi) is 4.35. The molecule has 0 spiro atoms. The molecule has 5 nitrogen and oxygen atoms in total. The number of nitrogen functional groups attached to an aromatic ring is 1. The van der Waals surface area contributed by atoms with Crippen molar-refractivity contribution in [3.8, 4) is 11.5 Å². The summed E-state index contributed by atoms with van der Waals surface area (Å²) in [5.74, 6) is 1.67. The molecule has 0 saturated carbocycles. The van der Waals surface area contributed by atoms with Crippen LogP contribution in [0.3, 0.4) is 0 Å². The van der Waals surface area contributed by atoms with E-state index in [0.717, 1.165) is 29.3 Å². The lowest BCUT2D eigenvalue weighted by atomic mass is 10.3. The van der Waals surface area contributed by atoms with Crippen LogP contribution in [-0.4, -0.2) is 23.9 Å². The van der Waals surface area contributed by atoms with Crippen molar-refractivity contribution in [2.75, 3.05) is 19.5 Å². The van der Waals surface area contributed by atoms with Gasteiger partial charge in [-0.15, -0.1) is 10.2 Å². The van der Waals surface area contributed by atoms with E-state index in [1.807, 2.05) is 24.3 Å². The maximum absolute atomic E-state index is 5.60. The molecule has 1 aromatic carbocycles. The molecule has 0 atom stereocenters. The van der Waals surface area contributed by atoms with Crippen molar-refractivity contribution in [2.24, 2.45) is 0 Å². The van der Waals surface area contributed by atoms with Crippen molar-refractivity contribution in [3.05, 3.63) is 29.3 Å². The molecule has 0 aliphatic rings. The first-order valence-corrected chi connectivity index (χ1v) is 6.44. The van der Waals surface area contributed by atoms with E-state index in [-0.39, 0.29) is 0 Å². The average molecular weight is 265 g/mol. The lowest BCUT2D eigenvalue weighted by Gasteiger charge is -2.06. The van der Waals surface area contributed by atoms with Crippen LogP contribution in [0.4, 0.5) is 5.13 Å². The number of anilines is 1. The first kappa shape index (κ1) is 12.6. The van der Waals surface area contributed by atoms with Crippen molar-refractivity contribution in [1.82, 2.24) is 10.2 Å². The van der Waals surface area contributed by atoms with Gasteiger partial charge < -0.3 is 15.2 Å². The molecular formula is C12H15N3O2S. The van der Waals surface area contributed by atoms with Crippen molar-refractivity contribution >= 4 is 16.5 Å². The molecule has 0 radical (unpaired) electrons. The lowest BCUT2D eigenvalue weighted by Crippen LogP contribution is -1.99. The fourth-order valence-corrected chi connectivity index (χ4v) is 2.10. The Labute approximate surface area is 110 Å². The number of hydrogen-bond acceptors (Lipinski definition) is 6. The fourth-order valence-electron chi connectivity index (χ4n) is 1.45. The molecular weight excluding hydrogens is 250 g/mol. The first-order valence-electron chi connectivity index (χ1n) is 5.62. The Hall–Kier alpha value is -1.82. The van der Waals surface area contributed by atoms with Gasteiger partial charge in [-0.05, 0) is 30.7 Å². The Morgan fingerprint density at radius 1 is 1.17 bits per heavy atom. The predicted octanol–water partition coefficient (Wildman–Crippen LogP) is 2.14. The van der Waals surface area contributed by atoms with Gasteiger partial charge in [-0.2, -0.15) is 0 Å². The monoisotopic (exact) mass is 265 g/mol. The summed E-state index contributed by atoms with van der Waals surface area (Å²) in [6.45, 7) is 0.645. The number of methoxy groups -OCH3 is 1. The van der Waals surface area contributed by atoms with Crippen LogP contribution >= 0.6 is 11.3 Å². The second-order valence-electron chi connectivity index (χ2n) is 3.66. The zero-order chi connectivity index (χ0) is 12.8. The standard InChI is InChI=1S/C12H15N3O2S/c1-16-9-4-6-10(7-5-9)17-8-2-3-11-14-15-12(13)18-11/h4-7H,2-3,8H2,1H3,(H2,13,15). The number of rotatable bonds is 6. The summed E-state index contributed by atoms with van der Waals surface area (Å²) in [7, 11) is 1.64. The molecule has 0 aliphatic carbocycles. The van der Waals surface area contributed by atoms with Crippen LogP contribution in [0.15, 0.2) is 24.3 Å². The van der Waals surface area contributed by atoms with Gasteiger partial charge in [0.1, 0.15) is 16.5 Å². The van der Waals surface area contributed by atoms with Gasteiger partial charge in [0, 0.05) is 6.42 Å². The van der Waals surface area contributed by atoms with Crippen LogP contribution in [0.1, 0.15) is 11.4 Å². The van der Waals surface area contributed by atoms with E-state index in [4.69, 9.17) is 15.2 Å². The van der Waals surface area contributed by atoms with E-state index >= 15 is 0 Å². The number of ether oxygens (including phenoxy) is 2. The van der Waals surface area contributed by atoms with Crippen LogP contribution < -0.4 is 15.2 Å². The number of nitrogens with zero attached hydrogens (tertiary/aromatic N) is 2. The topological polar surface area (TPSA) is 70.3 Å². The molecule has 0 aliphatic heterocycles. The molecule has 2 N–H and O–H groups in total. The number of aryl methyl sites for hydroxylation is 1. The number of nitrogens with two attached hydrogens (primary N) is 1. The molecule has 0 unspecified atom stereocenters. The highest BCUT2D eigenvalue weighted by Crippen LogP contribution is 2.17. The van der Waals surface area contributed by atoms with Gasteiger partial charge >= 0.3 is 0 Å². The van der Waals surface area contributed by atoms with Crippen LogP contribution in [0.5, 0.6) is 11.5 Å². The zero-order valence-corrected chi connectivity index (χ0v) is 10.9. The van der Waals surface area contributed by atoms with Gasteiger partial charge in [0.05, 0.1) is 13.7 Å². The van der Waals surface area contributed by atoms with Crippen molar-refractivity contribution < 1.29 is 9.47 Å². The largest absolute Gasteiger partial charge is 0.497 e. The third-order valence-electron chi connectivity index (χ3n) is 2.35. The van der Waals surface area contributed by atoms with Crippen LogP contribution in [-0.2, 0) is 6.42 Å². The van der Waals surface area contributed by atoms with E-state index in [9.17, 15) is 0 Å². The minimum atomic E-state index is 0.515. The summed E-state index contributed by atoms with van der Waals surface area (Å²) in [6.07, 6.45) is 1.73. The quantitative estimate of drug-likeness (QED) is 0.810. The third kappa shape index (κ3) is 3.59. The van der Waals surface area contributed by atoms with Gasteiger partial charge in [-0.3, -0.25) is 0 Å². The van der Waals surface area contributed by atoms with Crippen LogP contribution in [0, 0.1) is 0 Å². The fraction of sp³-hybridized carbons (Fsp3) is 0.333. The molecule has 2 aromatic rings. The van der Waals surface area contributed by atoms with Gasteiger partial charge in [0.15, 0.2) is 0 Å². The highest BCUT2D eigenvalue weighted by atomic mass is 32.1. The number of hydrogen-bond donors (Lipinski definition) is 1. The lowest BCUT2D eigenvalue weighted by molar-refractivity contribution is 0.310. The Balaban J connectivity index is 1.71. The second-order valence-corrected chi connectivity index (χ2v) is 4.76. The number of aromatic nitrogens is 2. The maximum atomic E-state index is 5.60. The molecule has 1 heterocycles. The normalized spacial score (nSPS) is 10.3. The van der Waals surface area contributed by atoms with Crippen molar-refractivity contribution in [3.63, 3.8) is 0 Å². The van der Waals surface area contributed by atoms with Crippen molar-refractivity contribution in [1.29, 1.82) is 0 Å². The molecule has 0 saturated heterocycles. The highest BCUT2D eigenvalue weighted by molar-refractivity contribution is 7.15. The van der Waals surface area contributed by atoms with Crippen LogP contribution in [0.2, 0.25) is 0 Å². The molecule has 18 heavy (non-hydrogen) atoms. The Bertz CT molecular complexity index is 484. The van der Waals surface area contributed by atoms with E-state index in [0.29, 0.717) is 11.7 Å². The zero-order valence-electron chi connectivity index (χ0n) is 10.1. The molecule has 0 bridgehead atoms. The maximum Gasteiger partial charge on any atom is 0.203 e. The smallest absolute Gasteiger partial charge is 0.203 e. The summed E-state index contributed by atoms with van der Waals surface area (Å²) in [5, 5.41) is 9.18. The molecule has 2 rings (SSSR count). The minimum Gasteiger partial charge on any atom is -0.497 e. The van der Waals surface area contributed by atoms with Gasteiger partial charge in [0.2, 0.25) is 5.13 Å². The summed E-state index contributed by atoms with van der Waals surface area (Å²) < 4.78 is 10.7. The first-order chi connectivity index (χ1) is 8.78. The SMILES string of the molecule is COc1ccc(OCCCc2nnc(N)s2)cc1. The average Bonchev–Trinajstić information content (AvgIpc) is 2.81. The molecule has 1 aromatic heterocycles. The van der Waals surface area contributed by atoms with E-state index in [2.05, 4.69) is 10.2 Å². The summed E-state index contributed by atoms with van der Waals surface area (Å²) in [6, 6.07) is 7.53. The molecule has 96 valence electrons. The molecule has 0 fully saturated rings. The molecule has 6 heteroatoms. The van der Waals surface area contributed by atoms with Gasteiger partial charge in [0.25, 0.3) is 0 Å². The third-order valence-corrected chi connectivity index (χ3v) is 3.16. The molecule has 0 amide bonds. The summed E-state index contributed by atoms with van der Waals surface area (Å²) in [5.41, 5.74) is 5.50. The Morgan fingerprint density at radius 2 is 1.89 bits per heavy atom. The van der Waals surface area contributed by atoms with Crippen LogP contribution in [0.25, 0.3) is 0 Å². The predicted molar refractivity (Wildman–Crippen MR) is 71.1 cm³/mol. The second kappa shape index (κ2) is 6.20. The number of benzene rings is 1. The summed E-state index contributed by atoms with van der Waals surface area (Å²) in [4.78, 5) is 0. The van der Waals surface area contributed by atoms with Gasteiger partial charge in [-0.1, -0.05) is 11.3 Å². The minimum absolute atomic E-state index is 0.515.